The highest BCUT2D eigenvalue weighted by Crippen LogP contribution is 2.26. The minimum atomic E-state index is -0.942. The highest BCUT2D eigenvalue weighted by atomic mass is 16.4. The lowest BCUT2D eigenvalue weighted by Crippen LogP contribution is -2.31. The van der Waals surface area contributed by atoms with Crippen LogP contribution in [-0.2, 0) is 6.42 Å². The summed E-state index contributed by atoms with van der Waals surface area (Å²) in [6.07, 6.45) is 2.48. The van der Waals surface area contributed by atoms with E-state index in [1.54, 1.807) is 30.5 Å². The first-order valence-electron chi connectivity index (χ1n) is 9.86. The smallest absolute Gasteiger partial charge is 0.335 e. The summed E-state index contributed by atoms with van der Waals surface area (Å²) < 4.78 is 0. The Kier molecular flexibility index (Phi) is 4.55. The molecule has 4 aromatic rings. The van der Waals surface area contributed by atoms with Crippen LogP contribution in [0.15, 0.2) is 66.9 Å². The van der Waals surface area contributed by atoms with Gasteiger partial charge in [-0.15, -0.1) is 0 Å². The molecule has 2 aromatic carbocycles. The van der Waals surface area contributed by atoms with E-state index in [1.165, 1.54) is 0 Å². The molecule has 0 aliphatic carbocycles. The fraction of sp³-hybridized carbons (Fsp3) is 0.0833. The largest absolute Gasteiger partial charge is 0.478 e. The maximum Gasteiger partial charge on any atom is 0.335 e. The lowest BCUT2D eigenvalue weighted by molar-refractivity contribution is 0.0696. The van der Waals surface area contributed by atoms with Gasteiger partial charge in [-0.05, 0) is 35.4 Å². The maximum atomic E-state index is 12.0. The van der Waals surface area contributed by atoms with Gasteiger partial charge in [-0.1, -0.05) is 36.4 Å². The van der Waals surface area contributed by atoms with Crippen molar-refractivity contribution in [3.8, 4) is 33.9 Å². The number of benzene rings is 2. The molecule has 3 heterocycles. The van der Waals surface area contributed by atoms with Gasteiger partial charge in [0.25, 0.3) is 5.91 Å². The number of fused-ring (bicyclic) bond motifs is 1. The van der Waals surface area contributed by atoms with E-state index in [1.807, 2.05) is 36.4 Å². The molecule has 7 nitrogen and oxygen atoms in total. The fourth-order valence-corrected chi connectivity index (χ4v) is 3.70. The van der Waals surface area contributed by atoms with Crippen molar-refractivity contribution in [2.24, 2.45) is 0 Å². The van der Waals surface area contributed by atoms with Gasteiger partial charge in [0.2, 0.25) is 0 Å². The summed E-state index contributed by atoms with van der Waals surface area (Å²) in [5, 5.41) is 11.9. The third-order valence-corrected chi connectivity index (χ3v) is 5.34. The van der Waals surface area contributed by atoms with Crippen molar-refractivity contribution >= 4 is 11.9 Å². The number of hydrogen-bond donors (Lipinski definition) is 3. The normalized spacial score (nSPS) is 12.8. The molecular formula is C24H18N4O3. The molecule has 0 atom stereocenters. The number of carbonyl (C=O) groups is 2. The second-order valence-electron chi connectivity index (χ2n) is 7.31. The second kappa shape index (κ2) is 7.53. The van der Waals surface area contributed by atoms with Crippen molar-refractivity contribution in [1.29, 1.82) is 0 Å². The van der Waals surface area contributed by atoms with Crippen LogP contribution in [0.5, 0.6) is 0 Å². The molecule has 1 aliphatic rings. The number of H-pyrrole nitrogens is 1. The third kappa shape index (κ3) is 3.57. The van der Waals surface area contributed by atoms with E-state index in [4.69, 9.17) is 5.11 Å². The summed E-state index contributed by atoms with van der Waals surface area (Å²) in [5.74, 6) is -0.421. The van der Waals surface area contributed by atoms with Gasteiger partial charge in [0.1, 0.15) is 0 Å². The lowest BCUT2D eigenvalue weighted by Gasteiger charge is -2.10. The monoisotopic (exact) mass is 410 g/mol. The molecule has 0 fully saturated rings. The number of carbonyl (C=O) groups excluding carboxylic acids is 1. The summed E-state index contributed by atoms with van der Waals surface area (Å²) in [6.45, 7) is 0.631. The standard InChI is InChI=1S/C24H18N4O3/c29-23-18-13-21(27-19(18)9-12-26-23)20-10-11-25-22(28-20)16-5-1-14(2-6-16)15-3-7-17(8-4-15)24(30)31/h1-8,10-11,13,27H,9,12H2,(H,26,29)(H,30,31). The van der Waals surface area contributed by atoms with Gasteiger partial charge in [0.15, 0.2) is 5.82 Å². The number of aromatic amines is 1. The molecule has 0 unspecified atom stereocenters. The molecule has 0 radical (unpaired) electrons. The van der Waals surface area contributed by atoms with Crippen molar-refractivity contribution in [3.05, 3.63) is 83.7 Å². The van der Waals surface area contributed by atoms with E-state index in [-0.39, 0.29) is 11.5 Å². The van der Waals surface area contributed by atoms with Crippen molar-refractivity contribution in [2.45, 2.75) is 6.42 Å². The summed E-state index contributed by atoms with van der Waals surface area (Å²) in [6, 6.07) is 18.2. The van der Waals surface area contributed by atoms with Crippen LogP contribution in [0.2, 0.25) is 0 Å². The van der Waals surface area contributed by atoms with E-state index in [0.29, 0.717) is 17.9 Å². The van der Waals surface area contributed by atoms with Crippen LogP contribution in [0.4, 0.5) is 0 Å². The first-order chi connectivity index (χ1) is 15.1. The minimum absolute atomic E-state index is 0.0648. The van der Waals surface area contributed by atoms with Gasteiger partial charge in [-0.3, -0.25) is 4.79 Å². The molecule has 0 saturated carbocycles. The Morgan fingerprint density at radius 2 is 1.61 bits per heavy atom. The van der Waals surface area contributed by atoms with Crippen LogP contribution in [0.3, 0.4) is 0 Å². The number of amides is 1. The van der Waals surface area contributed by atoms with Crippen LogP contribution in [0.25, 0.3) is 33.9 Å². The predicted molar refractivity (Wildman–Crippen MR) is 116 cm³/mol. The second-order valence-corrected chi connectivity index (χ2v) is 7.31. The first-order valence-corrected chi connectivity index (χ1v) is 9.86. The number of aromatic carboxylic acids is 1. The van der Waals surface area contributed by atoms with Gasteiger partial charge in [0.05, 0.1) is 22.5 Å². The third-order valence-electron chi connectivity index (χ3n) is 5.34. The highest BCUT2D eigenvalue weighted by Gasteiger charge is 2.20. The maximum absolute atomic E-state index is 12.0. The number of hydrogen-bond acceptors (Lipinski definition) is 4. The van der Waals surface area contributed by atoms with Crippen LogP contribution in [-0.4, -0.2) is 38.5 Å². The number of nitrogens with zero attached hydrogens (tertiary/aromatic N) is 2. The minimum Gasteiger partial charge on any atom is -0.478 e. The summed E-state index contributed by atoms with van der Waals surface area (Å²) in [7, 11) is 0. The average Bonchev–Trinajstić information content (AvgIpc) is 3.25. The Morgan fingerprint density at radius 1 is 0.935 bits per heavy atom. The van der Waals surface area contributed by atoms with E-state index in [2.05, 4.69) is 20.3 Å². The SMILES string of the molecule is O=C(O)c1ccc(-c2ccc(-c3nccc(-c4cc5c([nH]4)CCNC5=O)n3)cc2)cc1. The molecule has 31 heavy (non-hydrogen) atoms. The van der Waals surface area contributed by atoms with Crippen LogP contribution in [0, 0.1) is 0 Å². The molecule has 0 bridgehead atoms. The average molecular weight is 410 g/mol. The Hall–Kier alpha value is -4.26. The Morgan fingerprint density at radius 3 is 2.29 bits per heavy atom. The first kappa shape index (κ1) is 18.7. The number of carboxylic acid groups (broad SMARTS) is 1. The van der Waals surface area contributed by atoms with Gasteiger partial charge in [-0.25, -0.2) is 14.8 Å². The summed E-state index contributed by atoms with van der Waals surface area (Å²) in [4.78, 5) is 35.4. The molecule has 1 amide bonds. The van der Waals surface area contributed by atoms with E-state index >= 15 is 0 Å². The van der Waals surface area contributed by atoms with Crippen LogP contribution in [0.1, 0.15) is 26.4 Å². The number of carboxylic acids is 1. The topological polar surface area (TPSA) is 108 Å². The molecule has 0 saturated heterocycles. The number of rotatable bonds is 4. The van der Waals surface area contributed by atoms with Crippen molar-refractivity contribution in [2.75, 3.05) is 6.54 Å². The van der Waals surface area contributed by atoms with E-state index < -0.39 is 5.97 Å². The molecule has 2 aromatic heterocycles. The van der Waals surface area contributed by atoms with Gasteiger partial charge < -0.3 is 15.4 Å². The summed E-state index contributed by atoms with van der Waals surface area (Å²) in [5.41, 5.74) is 6.13. The highest BCUT2D eigenvalue weighted by molar-refractivity contribution is 5.97. The molecular weight excluding hydrogens is 392 g/mol. The Balaban J connectivity index is 1.42. The van der Waals surface area contributed by atoms with Crippen molar-refractivity contribution in [3.63, 3.8) is 0 Å². The van der Waals surface area contributed by atoms with Gasteiger partial charge in [-0.2, -0.15) is 0 Å². The van der Waals surface area contributed by atoms with Crippen molar-refractivity contribution in [1.82, 2.24) is 20.3 Å². The fourth-order valence-electron chi connectivity index (χ4n) is 3.70. The van der Waals surface area contributed by atoms with Gasteiger partial charge >= 0.3 is 5.97 Å². The Labute approximate surface area is 177 Å². The Bertz CT molecular complexity index is 1290. The lowest BCUT2D eigenvalue weighted by atomic mass is 10.0. The number of nitrogens with one attached hydrogen (secondary N) is 2. The van der Waals surface area contributed by atoms with Gasteiger partial charge in [0, 0.05) is 30.4 Å². The molecule has 0 spiro atoms. The van der Waals surface area contributed by atoms with E-state index in [9.17, 15) is 9.59 Å². The number of aromatic nitrogens is 3. The van der Waals surface area contributed by atoms with Crippen molar-refractivity contribution < 1.29 is 14.7 Å². The molecule has 5 rings (SSSR count). The molecule has 152 valence electrons. The van der Waals surface area contributed by atoms with Crippen LogP contribution < -0.4 is 5.32 Å². The molecule has 1 aliphatic heterocycles. The predicted octanol–water partition coefficient (Wildman–Crippen LogP) is 3.79. The zero-order chi connectivity index (χ0) is 21.4. The summed E-state index contributed by atoms with van der Waals surface area (Å²) >= 11 is 0. The quantitative estimate of drug-likeness (QED) is 0.474. The van der Waals surface area contributed by atoms with E-state index in [0.717, 1.165) is 40.2 Å². The molecule has 7 heteroatoms. The van der Waals surface area contributed by atoms with Crippen LogP contribution >= 0.6 is 0 Å². The zero-order valence-electron chi connectivity index (χ0n) is 16.4. The zero-order valence-corrected chi connectivity index (χ0v) is 16.4. The molecule has 3 N–H and O–H groups in total.